The molecule has 0 unspecified atom stereocenters. The first-order chi connectivity index (χ1) is 49.8. The largest absolute Gasteiger partial charge is 0.321 e. The van der Waals surface area contributed by atoms with Crippen LogP contribution in [0.15, 0.2) is 340 Å². The molecule has 0 radical (unpaired) electrons. The van der Waals surface area contributed by atoms with Gasteiger partial charge in [0, 0.05) is 54.5 Å². The Morgan fingerprint density at radius 1 is 0.267 bits per heavy atom. The number of nitro benzene ring substituents is 1. The monoisotopic (exact) mass is 1310 g/mol. The van der Waals surface area contributed by atoms with Crippen molar-refractivity contribution in [2.45, 2.75) is 13.8 Å². The molecule has 0 amide bonds. The van der Waals surface area contributed by atoms with Crippen LogP contribution in [0.1, 0.15) is 11.1 Å². The molecule has 0 saturated carbocycles. The van der Waals surface area contributed by atoms with Gasteiger partial charge in [-0.15, -0.1) is 0 Å². The second-order valence-electron chi connectivity index (χ2n) is 26.8. The Morgan fingerprint density at radius 3 is 0.941 bits per heavy atom. The van der Waals surface area contributed by atoms with Gasteiger partial charge in [-0.3, -0.25) is 10.1 Å². The summed E-state index contributed by atoms with van der Waals surface area (Å²) in [6, 6.07) is 123. The Bertz CT molecular complexity index is 6290. The molecule has 1 aliphatic heterocycles. The molecule has 1 aliphatic rings. The van der Waals surface area contributed by atoms with Crippen molar-refractivity contribution in [3.63, 3.8) is 0 Å². The van der Waals surface area contributed by atoms with Crippen molar-refractivity contribution in [3.05, 3.63) is 361 Å². The second kappa shape index (κ2) is 22.5. The number of aromatic nitrogens is 4. The minimum atomic E-state index is -3.36. The van der Waals surface area contributed by atoms with Crippen LogP contribution in [-0.4, -0.2) is 31.3 Å². The molecule has 0 N–H and O–H groups in total. The topological polar surface area (TPSA) is 66.1 Å². The van der Waals surface area contributed by atoms with Gasteiger partial charge in [-0.1, -0.05) is 266 Å². The average molecular weight is 1310 g/mol. The highest BCUT2D eigenvalue weighted by molar-refractivity contribution is 7.21. The van der Waals surface area contributed by atoms with Crippen molar-refractivity contribution in [2.24, 2.45) is 0 Å². The minimum absolute atomic E-state index is 0.0609. The van der Waals surface area contributed by atoms with Crippen LogP contribution in [0.2, 0.25) is 0 Å². The zero-order valence-corrected chi connectivity index (χ0v) is 56.3. The third-order valence-corrected chi connectivity index (χ3v) is 26.2. The van der Waals surface area contributed by atoms with Gasteiger partial charge in [0.05, 0.1) is 54.7 Å². The zero-order chi connectivity index (χ0) is 67.2. The van der Waals surface area contributed by atoms with Gasteiger partial charge in [0.25, 0.3) is 0 Å². The third kappa shape index (κ3) is 8.41. The maximum atomic E-state index is 16.6. The van der Waals surface area contributed by atoms with Crippen molar-refractivity contribution in [2.75, 3.05) is 4.90 Å². The smallest absolute Gasteiger partial charge is 0.307 e. The molecule has 0 fully saturated rings. The van der Waals surface area contributed by atoms with Gasteiger partial charge in [0.15, 0.2) is 19.4 Å². The first-order valence-corrected chi connectivity index (χ1v) is 36.5. The van der Waals surface area contributed by atoms with Gasteiger partial charge in [-0.25, -0.2) is 0 Å². The SMILES string of the molecule is Cc1ccc2c(c1)c1cc(C)ccc1n2-c1c(-n2c3ccccc3c3ccccc32)c(N2c3ccccc3[Si](c3ccccc3)(c3ccccc3)c3ccccc32)c(-n2c3ccc(-c4ccccc4)cc3c3cc(-c4ccccc4)ccc32)c(-n2c3ccccc3c3ccccc32)c1[N+](=O)[O-]. The van der Waals surface area contributed by atoms with Gasteiger partial charge in [0.2, 0.25) is 0 Å². The van der Waals surface area contributed by atoms with Crippen LogP contribution in [0, 0.1) is 24.0 Å². The molecular formula is C92H62N6O2Si. The van der Waals surface area contributed by atoms with Crippen molar-refractivity contribution in [1.29, 1.82) is 0 Å². The zero-order valence-electron chi connectivity index (χ0n) is 55.3. The van der Waals surface area contributed by atoms with Gasteiger partial charge >= 0.3 is 5.69 Å². The fourth-order valence-electron chi connectivity index (χ4n) is 17.3. The Balaban J connectivity index is 1.12. The van der Waals surface area contributed by atoms with Crippen LogP contribution in [0.25, 0.3) is 132 Å². The first-order valence-electron chi connectivity index (χ1n) is 34.5. The normalized spacial score (nSPS) is 12.8. The number of benzene rings is 15. The van der Waals surface area contributed by atoms with Crippen LogP contribution in [0.3, 0.4) is 0 Å². The van der Waals surface area contributed by atoms with Crippen molar-refractivity contribution in [1.82, 2.24) is 18.3 Å². The molecule has 5 heterocycles. The van der Waals surface area contributed by atoms with E-state index in [0.29, 0.717) is 22.7 Å². The molecule has 476 valence electrons. The molecule has 15 aromatic carbocycles. The lowest BCUT2D eigenvalue weighted by atomic mass is 10.0. The lowest BCUT2D eigenvalue weighted by Gasteiger charge is -2.46. The van der Waals surface area contributed by atoms with E-state index in [1.54, 1.807) is 0 Å². The van der Waals surface area contributed by atoms with Crippen LogP contribution in [0.4, 0.5) is 22.7 Å². The Kier molecular flexibility index (Phi) is 12.9. The molecule has 9 heteroatoms. The quantitative estimate of drug-likeness (QED) is 0.0778. The van der Waals surface area contributed by atoms with E-state index in [1.165, 1.54) is 20.7 Å². The molecule has 0 bridgehead atoms. The fourth-order valence-corrected chi connectivity index (χ4v) is 22.4. The average Bonchev–Trinajstić information content (AvgIpc) is 1.66. The third-order valence-electron chi connectivity index (χ3n) is 21.4. The molecule has 20 rings (SSSR count). The van der Waals surface area contributed by atoms with E-state index in [2.05, 4.69) is 377 Å². The van der Waals surface area contributed by atoms with Crippen LogP contribution in [-0.2, 0) is 0 Å². The number of rotatable bonds is 10. The Morgan fingerprint density at radius 2 is 0.564 bits per heavy atom. The summed E-state index contributed by atoms with van der Waals surface area (Å²) in [5.74, 6) is 0. The molecule has 0 spiro atoms. The van der Waals surface area contributed by atoms with E-state index in [1.807, 2.05) is 0 Å². The van der Waals surface area contributed by atoms with E-state index in [0.717, 1.165) is 138 Å². The van der Waals surface area contributed by atoms with Crippen molar-refractivity contribution < 1.29 is 4.92 Å². The summed E-state index contributed by atoms with van der Waals surface area (Å²) in [6.07, 6.45) is 0. The number of anilines is 3. The van der Waals surface area contributed by atoms with Gasteiger partial charge in [-0.2, -0.15) is 0 Å². The summed E-state index contributed by atoms with van der Waals surface area (Å²) in [5.41, 5.74) is 18.0. The summed E-state index contributed by atoms with van der Waals surface area (Å²) in [4.78, 5) is 19.1. The maximum absolute atomic E-state index is 16.6. The minimum Gasteiger partial charge on any atom is -0.307 e. The molecule has 0 saturated heterocycles. The molecule has 0 atom stereocenters. The summed E-state index contributed by atoms with van der Waals surface area (Å²) >= 11 is 0. The van der Waals surface area contributed by atoms with E-state index >= 15 is 10.1 Å². The number of aryl methyl sites for hydroxylation is 2. The van der Waals surface area contributed by atoms with Gasteiger partial charge < -0.3 is 23.2 Å². The molecule has 101 heavy (non-hydrogen) atoms. The molecule has 4 aromatic heterocycles. The lowest BCUT2D eigenvalue weighted by molar-refractivity contribution is -0.384. The highest BCUT2D eigenvalue weighted by Crippen LogP contribution is 2.58. The second-order valence-corrected chi connectivity index (χ2v) is 30.6. The van der Waals surface area contributed by atoms with E-state index < -0.39 is 8.07 Å². The van der Waals surface area contributed by atoms with E-state index in [-0.39, 0.29) is 10.6 Å². The number of hydrogen-bond acceptors (Lipinski definition) is 3. The highest BCUT2D eigenvalue weighted by atomic mass is 28.3. The molecule has 0 aliphatic carbocycles. The van der Waals surface area contributed by atoms with Crippen LogP contribution in [0.5, 0.6) is 0 Å². The Labute approximate surface area is 583 Å². The summed E-state index contributed by atoms with van der Waals surface area (Å²) in [7, 11) is -3.36. The lowest BCUT2D eigenvalue weighted by Crippen LogP contribution is -2.77. The highest BCUT2D eigenvalue weighted by Gasteiger charge is 2.51. The summed E-state index contributed by atoms with van der Waals surface area (Å²) in [5, 5.41) is 29.4. The number of nitro groups is 1. The first kappa shape index (κ1) is 58.1. The number of para-hydroxylation sites is 6. The molecule has 19 aromatic rings. The predicted molar refractivity (Wildman–Crippen MR) is 423 cm³/mol. The Hall–Kier alpha value is -13.1. The van der Waals surface area contributed by atoms with Crippen LogP contribution < -0.4 is 25.6 Å². The maximum Gasteiger partial charge on any atom is 0.321 e. The molecule has 8 nitrogen and oxygen atoms in total. The van der Waals surface area contributed by atoms with Crippen molar-refractivity contribution >= 4 is 139 Å². The van der Waals surface area contributed by atoms with Crippen LogP contribution >= 0.6 is 0 Å². The van der Waals surface area contributed by atoms with E-state index in [4.69, 9.17) is 0 Å². The van der Waals surface area contributed by atoms with E-state index in [9.17, 15) is 0 Å². The summed E-state index contributed by atoms with van der Waals surface area (Å²) < 4.78 is 9.29. The standard InChI is InChI=1S/C92H62N6O2Si/c1-59-47-51-79-71(55-59)72-56-60(2)48-52-80(72)96(79)91-88(93-75-39-19-15-35-67(75)68-36-16-20-40-76(68)93)87(97-83-43-23-25-45-85(83)101(65-31-11-5-12-32-65,66-33-13-6-14-34-66)86-46-26-24-44-84(86)97)89(90(92(91)98(99)100)94-77-41-21-17-37-69(77)70-38-18-22-42-78(70)94)95-81-53-49-63(61-27-7-3-8-28-61)57-73(81)74-58-64(50-54-82(74)95)62-29-9-4-10-30-62/h3-58H,1-2H3. The number of fused-ring (bicyclic) bond motifs is 14. The number of nitrogens with zero attached hydrogens (tertiary/aromatic N) is 6. The fraction of sp³-hybridized carbons (Fsp3) is 0.0217. The molecular weight excluding hydrogens is 1250 g/mol. The summed E-state index contributed by atoms with van der Waals surface area (Å²) in [6.45, 7) is 4.27. The number of hydrogen-bond donors (Lipinski definition) is 0. The van der Waals surface area contributed by atoms with Gasteiger partial charge in [-0.05, 0) is 142 Å². The van der Waals surface area contributed by atoms with Gasteiger partial charge in [0.1, 0.15) is 11.4 Å². The van der Waals surface area contributed by atoms with Crippen molar-refractivity contribution in [3.8, 4) is 45.0 Å². The predicted octanol–water partition coefficient (Wildman–Crippen LogP) is 21.1.